The van der Waals surface area contributed by atoms with Gasteiger partial charge in [-0.2, -0.15) is 0 Å². The second kappa shape index (κ2) is 7.10. The Morgan fingerprint density at radius 1 is 0.870 bits per heavy atom. The molecule has 0 unspecified atom stereocenters. The highest BCUT2D eigenvalue weighted by Gasteiger charge is 1.99. The minimum absolute atomic E-state index is 0.307. The molecule has 2 nitrogen and oxygen atoms in total. The molecule has 116 valence electrons. The first kappa shape index (κ1) is 15.3. The fourth-order valence-electron chi connectivity index (χ4n) is 2.62. The maximum Gasteiger partial charge on any atom is 0.169 e. The minimum atomic E-state index is 0.307. The molecule has 0 aliphatic carbocycles. The molecule has 3 aromatic rings. The van der Waals surface area contributed by atoms with E-state index in [1.807, 2.05) is 12.1 Å². The Balaban J connectivity index is 1.75. The summed E-state index contributed by atoms with van der Waals surface area (Å²) in [6, 6.07) is 16.0. The smallest absolute Gasteiger partial charge is 0.169 e. The number of fused-ring (bicyclic) bond motifs is 1. The van der Waals surface area contributed by atoms with Gasteiger partial charge in [-0.15, -0.1) is 0 Å². The Morgan fingerprint density at radius 2 is 1.57 bits per heavy atom. The van der Waals surface area contributed by atoms with Gasteiger partial charge in [0.2, 0.25) is 0 Å². The molecule has 0 aliphatic heterocycles. The zero-order valence-corrected chi connectivity index (χ0v) is 13.4. The summed E-state index contributed by atoms with van der Waals surface area (Å²) in [6.45, 7) is 3.29. The van der Waals surface area contributed by atoms with Gasteiger partial charge in [0.25, 0.3) is 0 Å². The van der Waals surface area contributed by atoms with Crippen molar-refractivity contribution in [2.75, 3.05) is 0 Å². The number of aromatic nitrogens is 1. The van der Waals surface area contributed by atoms with Crippen molar-refractivity contribution in [2.24, 2.45) is 0 Å². The summed E-state index contributed by atoms with van der Waals surface area (Å²) in [6.07, 6.45) is 11.0. The maximum absolute atomic E-state index is 9.51. The Kier molecular flexibility index (Phi) is 4.72. The second-order valence-electron chi connectivity index (χ2n) is 5.85. The van der Waals surface area contributed by atoms with Crippen LogP contribution < -0.4 is 4.57 Å². The summed E-state index contributed by atoms with van der Waals surface area (Å²) in [5, 5.41) is 11.7. The van der Waals surface area contributed by atoms with Gasteiger partial charge in [0.1, 0.15) is 12.3 Å². The SMILES string of the molecule is CCCC[n+]1ccc(/C=C/c2ccc3cc(O)ccc3c2)cc1. The van der Waals surface area contributed by atoms with E-state index in [9.17, 15) is 5.11 Å². The van der Waals surface area contributed by atoms with Gasteiger partial charge >= 0.3 is 0 Å². The molecule has 0 radical (unpaired) electrons. The summed E-state index contributed by atoms with van der Waals surface area (Å²) >= 11 is 0. The molecule has 1 aromatic heterocycles. The van der Waals surface area contributed by atoms with Crippen LogP contribution in [0.1, 0.15) is 30.9 Å². The summed E-state index contributed by atoms with van der Waals surface area (Å²) in [4.78, 5) is 0. The highest BCUT2D eigenvalue weighted by molar-refractivity contribution is 5.87. The molecule has 1 N–H and O–H groups in total. The third-order valence-corrected chi connectivity index (χ3v) is 4.00. The number of hydrogen-bond acceptors (Lipinski definition) is 1. The molecule has 1 heterocycles. The Morgan fingerprint density at radius 3 is 2.35 bits per heavy atom. The molecule has 3 rings (SSSR count). The van der Waals surface area contributed by atoms with Gasteiger partial charge in [0.05, 0.1) is 0 Å². The molecule has 0 spiro atoms. The highest BCUT2D eigenvalue weighted by atomic mass is 16.3. The van der Waals surface area contributed by atoms with Gasteiger partial charge in [0.15, 0.2) is 12.4 Å². The minimum Gasteiger partial charge on any atom is -0.508 e. The maximum atomic E-state index is 9.51. The second-order valence-corrected chi connectivity index (χ2v) is 5.85. The Hall–Kier alpha value is -2.61. The number of nitrogens with zero attached hydrogens (tertiary/aromatic N) is 1. The van der Waals surface area contributed by atoms with Crippen molar-refractivity contribution in [1.29, 1.82) is 0 Å². The van der Waals surface area contributed by atoms with Crippen molar-refractivity contribution in [2.45, 2.75) is 26.3 Å². The number of phenols is 1. The van der Waals surface area contributed by atoms with Crippen LogP contribution in [0.4, 0.5) is 0 Å². The molecule has 2 heteroatoms. The van der Waals surface area contributed by atoms with Crippen LogP contribution in [-0.2, 0) is 6.54 Å². The third kappa shape index (κ3) is 3.98. The number of phenolic OH excluding ortho intramolecular Hbond substituents is 1. The largest absolute Gasteiger partial charge is 0.508 e. The molecular weight excluding hydrogens is 282 g/mol. The number of pyridine rings is 1. The zero-order chi connectivity index (χ0) is 16.1. The van der Waals surface area contributed by atoms with Crippen molar-refractivity contribution in [3.8, 4) is 5.75 Å². The van der Waals surface area contributed by atoms with E-state index < -0.39 is 0 Å². The van der Waals surface area contributed by atoms with Crippen LogP contribution in [-0.4, -0.2) is 5.11 Å². The van der Waals surface area contributed by atoms with Gasteiger partial charge < -0.3 is 5.11 Å². The average molecular weight is 304 g/mol. The normalized spacial score (nSPS) is 11.3. The van der Waals surface area contributed by atoms with Crippen molar-refractivity contribution in [3.63, 3.8) is 0 Å². The van der Waals surface area contributed by atoms with E-state index >= 15 is 0 Å². The van der Waals surface area contributed by atoms with Crippen LogP contribution in [0.25, 0.3) is 22.9 Å². The Labute approximate surface area is 137 Å². The van der Waals surface area contributed by atoms with Gasteiger partial charge in [-0.25, -0.2) is 4.57 Å². The lowest BCUT2D eigenvalue weighted by Crippen LogP contribution is -2.32. The number of aromatic hydroxyl groups is 1. The van der Waals surface area contributed by atoms with Crippen LogP contribution in [0.3, 0.4) is 0 Å². The molecule has 0 saturated carbocycles. The topological polar surface area (TPSA) is 24.1 Å². The van der Waals surface area contributed by atoms with Crippen LogP contribution >= 0.6 is 0 Å². The fourth-order valence-corrected chi connectivity index (χ4v) is 2.62. The van der Waals surface area contributed by atoms with Crippen LogP contribution in [0, 0.1) is 0 Å². The number of hydrogen-bond donors (Lipinski definition) is 1. The highest BCUT2D eigenvalue weighted by Crippen LogP contribution is 2.21. The summed E-state index contributed by atoms with van der Waals surface area (Å²) in [5.74, 6) is 0.307. The van der Waals surface area contributed by atoms with E-state index in [0.29, 0.717) is 5.75 Å². The number of unbranched alkanes of at least 4 members (excludes halogenated alkanes) is 1. The van der Waals surface area contributed by atoms with E-state index in [2.05, 4.69) is 60.3 Å². The monoisotopic (exact) mass is 304 g/mol. The molecule has 0 aliphatic rings. The fraction of sp³-hybridized carbons (Fsp3) is 0.190. The van der Waals surface area contributed by atoms with Crippen molar-refractivity contribution < 1.29 is 9.67 Å². The lowest BCUT2D eigenvalue weighted by molar-refractivity contribution is -0.697. The predicted molar refractivity (Wildman–Crippen MR) is 96.1 cm³/mol. The summed E-state index contributed by atoms with van der Waals surface area (Å²) < 4.78 is 2.23. The van der Waals surface area contributed by atoms with E-state index in [1.54, 1.807) is 12.1 Å². The summed E-state index contributed by atoms with van der Waals surface area (Å²) in [5.41, 5.74) is 2.36. The molecule has 0 fully saturated rings. The van der Waals surface area contributed by atoms with Gasteiger partial charge in [-0.1, -0.05) is 43.7 Å². The molecule has 0 amide bonds. The third-order valence-electron chi connectivity index (χ3n) is 4.00. The number of benzene rings is 2. The first-order valence-electron chi connectivity index (χ1n) is 8.14. The van der Waals surface area contributed by atoms with Crippen molar-refractivity contribution in [1.82, 2.24) is 0 Å². The molecule has 2 aromatic carbocycles. The van der Waals surface area contributed by atoms with Gasteiger partial charge in [-0.05, 0) is 40.1 Å². The van der Waals surface area contributed by atoms with Gasteiger partial charge in [-0.3, -0.25) is 0 Å². The number of aryl methyl sites for hydroxylation is 1. The van der Waals surface area contributed by atoms with E-state index in [1.165, 1.54) is 18.4 Å². The number of rotatable bonds is 5. The van der Waals surface area contributed by atoms with Crippen LogP contribution in [0.5, 0.6) is 5.75 Å². The molecular formula is C21H22NO+. The van der Waals surface area contributed by atoms with Crippen molar-refractivity contribution >= 4 is 22.9 Å². The predicted octanol–water partition coefficient (Wildman–Crippen LogP) is 4.80. The Bertz CT molecular complexity index is 819. The molecule has 0 bridgehead atoms. The van der Waals surface area contributed by atoms with E-state index in [4.69, 9.17) is 0 Å². The van der Waals surface area contributed by atoms with E-state index in [0.717, 1.165) is 22.9 Å². The molecule has 0 saturated heterocycles. The first-order valence-corrected chi connectivity index (χ1v) is 8.14. The van der Waals surface area contributed by atoms with Crippen LogP contribution in [0.2, 0.25) is 0 Å². The van der Waals surface area contributed by atoms with Crippen molar-refractivity contribution in [3.05, 3.63) is 72.1 Å². The van der Waals surface area contributed by atoms with Crippen LogP contribution in [0.15, 0.2) is 60.9 Å². The quantitative estimate of drug-likeness (QED) is 0.672. The average Bonchev–Trinajstić information content (AvgIpc) is 2.59. The first-order chi connectivity index (χ1) is 11.2. The lowest BCUT2D eigenvalue weighted by atomic mass is 10.1. The summed E-state index contributed by atoms with van der Waals surface area (Å²) in [7, 11) is 0. The van der Waals surface area contributed by atoms with Gasteiger partial charge in [0, 0.05) is 18.6 Å². The standard InChI is InChI=1S/C21H21NO/c1-2-3-12-22-13-10-17(11-14-22)4-5-18-6-7-20-16-21(23)9-8-19(20)15-18/h4-11,13-16H,2-3,12H2,1H3/p+1. The zero-order valence-electron chi connectivity index (χ0n) is 13.4. The van der Waals surface area contributed by atoms with E-state index in [-0.39, 0.29) is 0 Å². The lowest BCUT2D eigenvalue weighted by Gasteiger charge is -2.01. The molecule has 23 heavy (non-hydrogen) atoms. The molecule has 0 atom stereocenters.